The van der Waals surface area contributed by atoms with E-state index in [1.54, 1.807) is 0 Å². The van der Waals surface area contributed by atoms with Gasteiger partial charge in [0.15, 0.2) is 0 Å². The molecule has 0 amide bonds. The van der Waals surface area contributed by atoms with Gasteiger partial charge in [0.25, 0.3) is 10.1 Å². The van der Waals surface area contributed by atoms with Gasteiger partial charge in [-0.15, -0.1) is 0 Å². The first-order chi connectivity index (χ1) is 7.21. The van der Waals surface area contributed by atoms with Gasteiger partial charge in [-0.05, 0) is 46.7 Å². The number of nitrogens with zero attached hydrogens (tertiary/aromatic N) is 1. The molecule has 94 valence electrons. The zero-order chi connectivity index (χ0) is 12.5. The molecule has 5 heteroatoms. The molecular weight excluding hydrogens is 226 g/mol. The summed E-state index contributed by atoms with van der Waals surface area (Å²) in [6.45, 7) is 4.67. The Morgan fingerprint density at radius 1 is 1.25 bits per heavy atom. The zero-order valence-electron chi connectivity index (χ0n) is 10.4. The minimum atomic E-state index is -3.94. The molecule has 0 aromatic rings. The first-order valence-corrected chi connectivity index (χ1v) is 6.98. The normalized spacial score (nSPS) is 27.6. The third-order valence-electron chi connectivity index (χ3n) is 3.31. The van der Waals surface area contributed by atoms with Crippen molar-refractivity contribution in [3.63, 3.8) is 0 Å². The van der Waals surface area contributed by atoms with Gasteiger partial charge >= 0.3 is 0 Å². The first kappa shape index (κ1) is 13.7. The second-order valence-corrected chi connectivity index (χ2v) is 6.68. The summed E-state index contributed by atoms with van der Waals surface area (Å²) < 4.78 is 32.0. The fourth-order valence-electron chi connectivity index (χ4n) is 2.34. The smallest absolute Gasteiger partial charge is 0.268 e. The van der Waals surface area contributed by atoms with Crippen LogP contribution in [-0.2, 0) is 10.1 Å². The van der Waals surface area contributed by atoms with Crippen LogP contribution in [0.4, 0.5) is 0 Å². The minimum absolute atomic E-state index is 0.00583. The van der Waals surface area contributed by atoms with Crippen molar-refractivity contribution in [2.24, 2.45) is 5.92 Å². The number of allylic oxidation sites excluding steroid dienone is 2. The van der Waals surface area contributed by atoms with E-state index in [1.165, 1.54) is 5.57 Å². The van der Waals surface area contributed by atoms with Crippen LogP contribution in [0, 0.1) is 5.92 Å². The molecule has 0 aliphatic heterocycles. The summed E-state index contributed by atoms with van der Waals surface area (Å²) in [5.74, 6) is -0.00583. The first-order valence-electron chi connectivity index (χ1n) is 5.48. The van der Waals surface area contributed by atoms with Gasteiger partial charge in [0.05, 0.1) is 5.25 Å². The molecule has 0 spiro atoms. The van der Waals surface area contributed by atoms with Crippen LogP contribution < -0.4 is 0 Å². The number of hydrogen-bond acceptors (Lipinski definition) is 3. The summed E-state index contributed by atoms with van der Waals surface area (Å²) in [5, 5.41) is -0.640. The van der Waals surface area contributed by atoms with Crippen LogP contribution in [0.5, 0.6) is 0 Å². The van der Waals surface area contributed by atoms with Crippen molar-refractivity contribution in [2.75, 3.05) is 20.6 Å². The van der Waals surface area contributed by atoms with Crippen molar-refractivity contribution in [1.29, 1.82) is 0 Å². The number of rotatable bonds is 3. The summed E-state index contributed by atoms with van der Waals surface area (Å²) in [6, 6.07) is 0. The van der Waals surface area contributed by atoms with E-state index in [-0.39, 0.29) is 5.92 Å². The van der Waals surface area contributed by atoms with Gasteiger partial charge < -0.3 is 4.90 Å². The minimum Gasteiger partial charge on any atom is -0.309 e. The van der Waals surface area contributed by atoms with Crippen LogP contribution in [0.2, 0.25) is 0 Å². The van der Waals surface area contributed by atoms with Crippen molar-refractivity contribution >= 4 is 10.1 Å². The largest absolute Gasteiger partial charge is 0.309 e. The lowest BCUT2D eigenvalue weighted by atomic mass is 9.84. The van der Waals surface area contributed by atoms with Gasteiger partial charge in [0.2, 0.25) is 0 Å². The van der Waals surface area contributed by atoms with Crippen LogP contribution >= 0.6 is 0 Å². The molecule has 16 heavy (non-hydrogen) atoms. The van der Waals surface area contributed by atoms with E-state index in [0.29, 0.717) is 13.0 Å². The molecule has 0 aromatic carbocycles. The second-order valence-electron chi connectivity index (χ2n) is 5.04. The molecule has 2 atom stereocenters. The van der Waals surface area contributed by atoms with Crippen LogP contribution in [0.25, 0.3) is 0 Å². The third kappa shape index (κ3) is 3.30. The Bertz CT molecular complexity index is 384. The average molecular weight is 247 g/mol. The predicted molar refractivity (Wildman–Crippen MR) is 65.0 cm³/mol. The second kappa shape index (κ2) is 4.85. The van der Waals surface area contributed by atoms with E-state index in [9.17, 15) is 13.0 Å². The molecule has 1 N–H and O–H groups in total. The summed E-state index contributed by atoms with van der Waals surface area (Å²) in [5.41, 5.74) is 2.35. The molecule has 0 fully saturated rings. The highest BCUT2D eigenvalue weighted by atomic mass is 32.2. The van der Waals surface area contributed by atoms with Gasteiger partial charge in [0.1, 0.15) is 0 Å². The van der Waals surface area contributed by atoms with Crippen molar-refractivity contribution in [2.45, 2.75) is 31.9 Å². The van der Waals surface area contributed by atoms with E-state index in [2.05, 4.69) is 0 Å². The highest BCUT2D eigenvalue weighted by Gasteiger charge is 2.35. The molecule has 1 aliphatic rings. The van der Waals surface area contributed by atoms with Crippen LogP contribution in [-0.4, -0.2) is 43.8 Å². The van der Waals surface area contributed by atoms with Crippen molar-refractivity contribution in [1.82, 2.24) is 4.90 Å². The molecule has 1 aliphatic carbocycles. The Hall–Kier alpha value is -0.390. The molecule has 0 aromatic heterocycles. The summed E-state index contributed by atoms with van der Waals surface area (Å²) in [4.78, 5) is 1.97. The monoisotopic (exact) mass is 247 g/mol. The Kier molecular flexibility index (Phi) is 4.15. The molecule has 4 nitrogen and oxygen atoms in total. The van der Waals surface area contributed by atoms with Crippen molar-refractivity contribution in [3.8, 4) is 0 Å². The molecule has 0 bridgehead atoms. The lowest BCUT2D eigenvalue weighted by Gasteiger charge is -2.32. The molecule has 0 saturated heterocycles. The standard InChI is InChI=1S/C11H21NO3S/c1-8-5-10(7-12(3)4)11(6-9(8)2)16(13,14)15/h10-11H,5-7H2,1-4H3,(H,13,14,15). The highest BCUT2D eigenvalue weighted by molar-refractivity contribution is 7.86. The van der Waals surface area contributed by atoms with Gasteiger partial charge in [-0.25, -0.2) is 0 Å². The molecular formula is C11H21NO3S. The molecule has 0 heterocycles. The Balaban J connectivity index is 2.95. The van der Waals surface area contributed by atoms with Crippen LogP contribution in [0.1, 0.15) is 26.7 Å². The van der Waals surface area contributed by atoms with Gasteiger partial charge in [-0.2, -0.15) is 8.42 Å². The topological polar surface area (TPSA) is 57.6 Å². The maximum absolute atomic E-state index is 11.3. The van der Waals surface area contributed by atoms with Crippen molar-refractivity contribution in [3.05, 3.63) is 11.1 Å². The SMILES string of the molecule is CC1=C(C)CC(S(=O)(=O)O)C(CN(C)C)C1. The Labute approximate surface area is 98.1 Å². The van der Waals surface area contributed by atoms with E-state index < -0.39 is 15.4 Å². The zero-order valence-corrected chi connectivity index (χ0v) is 11.2. The molecule has 2 unspecified atom stereocenters. The average Bonchev–Trinajstić information content (AvgIpc) is 2.08. The van der Waals surface area contributed by atoms with Crippen LogP contribution in [0.3, 0.4) is 0 Å². The predicted octanol–water partition coefficient (Wildman–Crippen LogP) is 1.55. The lowest BCUT2D eigenvalue weighted by Crippen LogP contribution is -2.38. The molecule has 1 rings (SSSR count). The van der Waals surface area contributed by atoms with E-state index in [0.717, 1.165) is 12.0 Å². The van der Waals surface area contributed by atoms with Crippen molar-refractivity contribution < 1.29 is 13.0 Å². The Morgan fingerprint density at radius 2 is 1.75 bits per heavy atom. The van der Waals surface area contributed by atoms with E-state index in [1.807, 2.05) is 32.8 Å². The fraction of sp³-hybridized carbons (Fsp3) is 0.818. The van der Waals surface area contributed by atoms with Gasteiger partial charge in [0, 0.05) is 6.54 Å². The fourth-order valence-corrected chi connectivity index (χ4v) is 3.47. The third-order valence-corrected chi connectivity index (χ3v) is 4.63. The van der Waals surface area contributed by atoms with E-state index >= 15 is 0 Å². The lowest BCUT2D eigenvalue weighted by molar-refractivity contribution is 0.295. The summed E-state index contributed by atoms with van der Waals surface area (Å²) in [7, 11) is -0.101. The van der Waals surface area contributed by atoms with Gasteiger partial charge in [-0.3, -0.25) is 4.55 Å². The van der Waals surface area contributed by atoms with Gasteiger partial charge in [-0.1, -0.05) is 11.1 Å². The quantitative estimate of drug-likeness (QED) is 0.607. The maximum atomic E-state index is 11.3. The number of hydrogen-bond donors (Lipinski definition) is 1. The molecule has 0 radical (unpaired) electrons. The molecule has 0 saturated carbocycles. The summed E-state index contributed by atoms with van der Waals surface area (Å²) >= 11 is 0. The Morgan fingerprint density at radius 3 is 2.19 bits per heavy atom. The van der Waals surface area contributed by atoms with E-state index in [4.69, 9.17) is 0 Å². The maximum Gasteiger partial charge on any atom is 0.268 e. The highest BCUT2D eigenvalue weighted by Crippen LogP contribution is 2.33. The summed E-state index contributed by atoms with van der Waals surface area (Å²) in [6.07, 6.45) is 1.22. The van der Waals surface area contributed by atoms with Crippen LogP contribution in [0.15, 0.2) is 11.1 Å².